The van der Waals surface area contributed by atoms with Gasteiger partial charge in [0.25, 0.3) is 0 Å². The SMILES string of the molecule is CCCCS(=O)(=O)N1CCC(=NO)c2ccccc21. The van der Waals surface area contributed by atoms with Gasteiger partial charge in [-0.1, -0.05) is 36.7 Å². The van der Waals surface area contributed by atoms with E-state index in [1.807, 2.05) is 13.0 Å². The Morgan fingerprint density at radius 2 is 2.11 bits per heavy atom. The van der Waals surface area contributed by atoms with Gasteiger partial charge in [-0.3, -0.25) is 4.31 Å². The van der Waals surface area contributed by atoms with Crippen LogP contribution in [0.3, 0.4) is 0 Å². The number of anilines is 1. The van der Waals surface area contributed by atoms with Gasteiger partial charge in [0.2, 0.25) is 10.0 Å². The molecule has 1 heterocycles. The van der Waals surface area contributed by atoms with Crippen molar-refractivity contribution in [3.63, 3.8) is 0 Å². The minimum absolute atomic E-state index is 0.156. The maximum absolute atomic E-state index is 12.3. The van der Waals surface area contributed by atoms with Crippen LogP contribution in [0.5, 0.6) is 0 Å². The van der Waals surface area contributed by atoms with Gasteiger partial charge in [0.1, 0.15) is 0 Å². The summed E-state index contributed by atoms with van der Waals surface area (Å²) in [6.45, 7) is 2.30. The molecule has 0 unspecified atom stereocenters. The molecular weight excluding hydrogens is 264 g/mol. The molecule has 0 atom stereocenters. The first-order valence-corrected chi connectivity index (χ1v) is 8.02. The van der Waals surface area contributed by atoms with Crippen LogP contribution in [0.2, 0.25) is 0 Å². The molecule has 0 amide bonds. The van der Waals surface area contributed by atoms with Crippen molar-refractivity contribution < 1.29 is 13.6 Å². The smallest absolute Gasteiger partial charge is 0.235 e. The van der Waals surface area contributed by atoms with Crippen molar-refractivity contribution in [3.05, 3.63) is 29.8 Å². The third-order valence-corrected chi connectivity index (χ3v) is 5.10. The van der Waals surface area contributed by atoms with Crippen molar-refractivity contribution in [1.82, 2.24) is 0 Å². The molecular formula is C13H18N2O3S. The number of hydrogen-bond donors (Lipinski definition) is 1. The van der Waals surface area contributed by atoms with Crippen LogP contribution in [0.4, 0.5) is 5.69 Å². The molecule has 1 aromatic rings. The highest BCUT2D eigenvalue weighted by atomic mass is 32.2. The van der Waals surface area contributed by atoms with E-state index in [1.54, 1.807) is 18.2 Å². The Kier molecular flexibility index (Phi) is 4.09. The summed E-state index contributed by atoms with van der Waals surface area (Å²) < 4.78 is 26.1. The normalized spacial score (nSPS) is 17.5. The van der Waals surface area contributed by atoms with E-state index in [0.717, 1.165) is 6.42 Å². The van der Waals surface area contributed by atoms with Gasteiger partial charge in [0.05, 0.1) is 17.2 Å². The topological polar surface area (TPSA) is 70.0 Å². The summed E-state index contributed by atoms with van der Waals surface area (Å²) in [5, 5.41) is 12.3. The number of rotatable bonds is 4. The molecule has 1 aliphatic heterocycles. The molecule has 0 aromatic heterocycles. The van der Waals surface area contributed by atoms with E-state index >= 15 is 0 Å². The average molecular weight is 282 g/mol. The fraction of sp³-hybridized carbons (Fsp3) is 0.462. The minimum atomic E-state index is -3.29. The first-order chi connectivity index (χ1) is 9.10. The number of para-hydroxylation sites is 1. The van der Waals surface area contributed by atoms with Crippen molar-refractivity contribution in [3.8, 4) is 0 Å². The Hall–Kier alpha value is -1.56. The summed E-state index contributed by atoms with van der Waals surface area (Å²) >= 11 is 0. The third kappa shape index (κ3) is 2.73. The van der Waals surface area contributed by atoms with Crippen LogP contribution in [0.25, 0.3) is 0 Å². The molecule has 0 saturated heterocycles. The van der Waals surface area contributed by atoms with Gasteiger partial charge in [0.15, 0.2) is 0 Å². The van der Waals surface area contributed by atoms with Crippen LogP contribution in [0.1, 0.15) is 31.7 Å². The lowest BCUT2D eigenvalue weighted by atomic mass is 10.0. The summed E-state index contributed by atoms with van der Waals surface area (Å²) in [5.41, 5.74) is 1.84. The highest BCUT2D eigenvalue weighted by Gasteiger charge is 2.29. The lowest BCUT2D eigenvalue weighted by molar-refractivity contribution is 0.318. The maximum atomic E-state index is 12.3. The number of nitrogens with zero attached hydrogens (tertiary/aromatic N) is 2. The van der Waals surface area contributed by atoms with Crippen LogP contribution in [-0.2, 0) is 10.0 Å². The van der Waals surface area contributed by atoms with Crippen LogP contribution >= 0.6 is 0 Å². The van der Waals surface area contributed by atoms with Crippen LogP contribution < -0.4 is 4.31 Å². The van der Waals surface area contributed by atoms with E-state index < -0.39 is 10.0 Å². The summed E-state index contributed by atoms with van der Waals surface area (Å²) in [7, 11) is -3.29. The van der Waals surface area contributed by atoms with Gasteiger partial charge in [-0.25, -0.2) is 8.42 Å². The Labute approximate surface area is 113 Å². The van der Waals surface area contributed by atoms with E-state index in [2.05, 4.69) is 5.16 Å². The van der Waals surface area contributed by atoms with Crippen molar-refractivity contribution >= 4 is 21.4 Å². The highest BCUT2D eigenvalue weighted by Crippen LogP contribution is 2.29. The van der Waals surface area contributed by atoms with Crippen molar-refractivity contribution in [2.75, 3.05) is 16.6 Å². The average Bonchev–Trinajstić information content (AvgIpc) is 2.43. The number of unbranched alkanes of at least 4 members (excludes halogenated alkanes) is 1. The standard InChI is InChI=1S/C13H18N2O3S/c1-2-3-10-19(17,18)15-9-8-12(14-16)11-6-4-5-7-13(11)15/h4-7,16H,2-3,8-10H2,1H3. The summed E-state index contributed by atoms with van der Waals surface area (Å²) in [6, 6.07) is 7.14. The fourth-order valence-corrected chi connectivity index (χ4v) is 3.93. The predicted molar refractivity (Wildman–Crippen MR) is 75.4 cm³/mol. The summed E-state index contributed by atoms with van der Waals surface area (Å²) in [5.74, 6) is 0.156. The molecule has 6 heteroatoms. The predicted octanol–water partition coefficient (Wildman–Crippen LogP) is 2.20. The van der Waals surface area contributed by atoms with E-state index in [9.17, 15) is 8.42 Å². The van der Waals surface area contributed by atoms with Gasteiger partial charge in [0, 0.05) is 18.5 Å². The molecule has 2 rings (SSSR count). The molecule has 1 N–H and O–H groups in total. The zero-order valence-electron chi connectivity index (χ0n) is 10.9. The van der Waals surface area contributed by atoms with Crippen molar-refractivity contribution in [1.29, 1.82) is 0 Å². The van der Waals surface area contributed by atoms with Crippen LogP contribution in [0.15, 0.2) is 29.4 Å². The molecule has 0 spiro atoms. The second-order valence-corrected chi connectivity index (χ2v) is 6.57. The quantitative estimate of drug-likeness (QED) is 0.680. The molecule has 0 bridgehead atoms. The van der Waals surface area contributed by atoms with Gasteiger partial charge in [-0.05, 0) is 12.5 Å². The molecule has 1 aliphatic rings. The number of benzene rings is 1. The van der Waals surface area contributed by atoms with Gasteiger partial charge in [-0.2, -0.15) is 0 Å². The van der Waals surface area contributed by atoms with E-state index in [0.29, 0.717) is 36.3 Å². The minimum Gasteiger partial charge on any atom is -0.411 e. The van der Waals surface area contributed by atoms with Crippen molar-refractivity contribution in [2.45, 2.75) is 26.2 Å². The Balaban J connectivity index is 2.40. The molecule has 0 radical (unpaired) electrons. The molecule has 0 saturated carbocycles. The fourth-order valence-electron chi connectivity index (χ4n) is 2.23. The Morgan fingerprint density at radius 3 is 2.79 bits per heavy atom. The van der Waals surface area contributed by atoms with Gasteiger partial charge >= 0.3 is 0 Å². The molecule has 0 aliphatic carbocycles. The monoisotopic (exact) mass is 282 g/mol. The van der Waals surface area contributed by atoms with E-state index in [-0.39, 0.29) is 5.75 Å². The molecule has 1 aromatic carbocycles. The zero-order chi connectivity index (χ0) is 13.9. The maximum Gasteiger partial charge on any atom is 0.235 e. The van der Waals surface area contributed by atoms with Crippen LogP contribution in [0, 0.1) is 0 Å². The summed E-state index contributed by atoms with van der Waals surface area (Å²) in [6.07, 6.45) is 1.93. The second kappa shape index (κ2) is 5.61. The second-order valence-electron chi connectivity index (χ2n) is 4.56. The van der Waals surface area contributed by atoms with E-state index in [4.69, 9.17) is 5.21 Å². The van der Waals surface area contributed by atoms with Gasteiger partial charge in [-0.15, -0.1) is 0 Å². The number of fused-ring (bicyclic) bond motifs is 1. The first kappa shape index (κ1) is 13.9. The lowest BCUT2D eigenvalue weighted by Crippen LogP contribution is -2.39. The van der Waals surface area contributed by atoms with E-state index in [1.165, 1.54) is 4.31 Å². The Bertz CT molecular complexity index is 581. The third-order valence-electron chi connectivity index (χ3n) is 3.25. The molecule has 19 heavy (non-hydrogen) atoms. The zero-order valence-corrected chi connectivity index (χ0v) is 11.7. The molecule has 104 valence electrons. The number of hydrogen-bond acceptors (Lipinski definition) is 4. The molecule has 0 fully saturated rings. The molecule has 5 nitrogen and oxygen atoms in total. The summed E-state index contributed by atoms with van der Waals surface area (Å²) in [4.78, 5) is 0. The van der Waals surface area contributed by atoms with Gasteiger partial charge < -0.3 is 5.21 Å². The number of sulfonamides is 1. The van der Waals surface area contributed by atoms with Crippen LogP contribution in [-0.4, -0.2) is 31.6 Å². The largest absolute Gasteiger partial charge is 0.411 e. The lowest BCUT2D eigenvalue weighted by Gasteiger charge is -2.30. The first-order valence-electron chi connectivity index (χ1n) is 6.41. The Morgan fingerprint density at radius 1 is 1.37 bits per heavy atom. The number of oxime groups is 1. The van der Waals surface area contributed by atoms with Crippen molar-refractivity contribution in [2.24, 2.45) is 5.16 Å². The highest BCUT2D eigenvalue weighted by molar-refractivity contribution is 7.92.